The Morgan fingerprint density at radius 2 is 2.47 bits per heavy atom. The van der Waals surface area contributed by atoms with E-state index < -0.39 is 0 Å². The van der Waals surface area contributed by atoms with Gasteiger partial charge in [-0.05, 0) is 17.9 Å². The van der Waals surface area contributed by atoms with Crippen LogP contribution in [0, 0.1) is 12.3 Å². The van der Waals surface area contributed by atoms with Gasteiger partial charge in [-0.2, -0.15) is 11.8 Å². The maximum absolute atomic E-state index is 5.34. The van der Waals surface area contributed by atoms with Gasteiger partial charge < -0.3 is 0 Å². The van der Waals surface area contributed by atoms with Crippen molar-refractivity contribution in [3.05, 3.63) is 30.1 Å². The van der Waals surface area contributed by atoms with Crippen molar-refractivity contribution in [3.63, 3.8) is 0 Å². The lowest BCUT2D eigenvalue weighted by Crippen LogP contribution is -2.26. The summed E-state index contributed by atoms with van der Waals surface area (Å²) in [5, 5.41) is 0. The molecule has 1 aromatic rings. The van der Waals surface area contributed by atoms with E-state index in [4.69, 9.17) is 6.42 Å². The molecule has 0 radical (unpaired) electrons. The van der Waals surface area contributed by atoms with Crippen molar-refractivity contribution in [3.8, 4) is 12.3 Å². The molecule has 0 N–H and O–H groups in total. The molecule has 0 fully saturated rings. The minimum Gasteiger partial charge on any atom is -0.287 e. The van der Waals surface area contributed by atoms with Crippen molar-refractivity contribution in [1.82, 2.24) is 9.88 Å². The normalized spacial score (nSPS) is 10.2. The number of terminal acetylenes is 1. The Bertz CT molecular complexity index is 305. The van der Waals surface area contributed by atoms with Crippen LogP contribution in [0.5, 0.6) is 0 Å². The van der Waals surface area contributed by atoms with Gasteiger partial charge >= 0.3 is 0 Å². The molecule has 80 valence electrons. The molecule has 0 aromatic carbocycles. The topological polar surface area (TPSA) is 16.1 Å². The monoisotopic (exact) mass is 220 g/mol. The third kappa shape index (κ3) is 4.87. The lowest BCUT2D eigenvalue weighted by Gasteiger charge is -2.18. The molecule has 0 aliphatic rings. The van der Waals surface area contributed by atoms with Crippen LogP contribution >= 0.6 is 11.8 Å². The van der Waals surface area contributed by atoms with Crippen LogP contribution in [0.1, 0.15) is 5.56 Å². The maximum Gasteiger partial charge on any atom is 0.0602 e. The standard InChI is InChI=1S/C12H16N2S/c1-3-7-14(8-9-15-2)11-12-5-4-6-13-10-12/h1,4-6,10H,7-9,11H2,2H3. The molecule has 0 saturated carbocycles. The van der Waals surface area contributed by atoms with Crippen molar-refractivity contribution < 1.29 is 0 Å². The van der Waals surface area contributed by atoms with Crippen LogP contribution in [-0.2, 0) is 6.54 Å². The van der Waals surface area contributed by atoms with Crippen molar-refractivity contribution >= 4 is 11.8 Å². The first-order valence-corrected chi connectivity index (χ1v) is 6.30. The smallest absolute Gasteiger partial charge is 0.0602 e. The van der Waals surface area contributed by atoms with Crippen molar-refractivity contribution in [2.45, 2.75) is 6.54 Å². The van der Waals surface area contributed by atoms with Gasteiger partial charge in [0, 0.05) is 31.2 Å². The molecule has 3 heteroatoms. The zero-order valence-electron chi connectivity index (χ0n) is 9.02. The van der Waals surface area contributed by atoms with E-state index in [9.17, 15) is 0 Å². The fourth-order valence-corrected chi connectivity index (χ4v) is 1.75. The molecule has 0 bridgehead atoms. The highest BCUT2D eigenvalue weighted by molar-refractivity contribution is 7.98. The van der Waals surface area contributed by atoms with Gasteiger partial charge in [0.05, 0.1) is 6.54 Å². The molecule has 0 aliphatic heterocycles. The van der Waals surface area contributed by atoms with E-state index in [1.807, 2.05) is 24.0 Å². The summed E-state index contributed by atoms with van der Waals surface area (Å²) in [6, 6.07) is 4.04. The van der Waals surface area contributed by atoms with E-state index in [-0.39, 0.29) is 0 Å². The van der Waals surface area contributed by atoms with Crippen LogP contribution in [0.2, 0.25) is 0 Å². The van der Waals surface area contributed by atoms with Gasteiger partial charge in [-0.3, -0.25) is 9.88 Å². The van der Waals surface area contributed by atoms with Gasteiger partial charge in [0.2, 0.25) is 0 Å². The Kier molecular flexibility index (Phi) is 5.91. The molecule has 0 atom stereocenters. The summed E-state index contributed by atoms with van der Waals surface area (Å²) >= 11 is 1.84. The zero-order valence-corrected chi connectivity index (χ0v) is 9.83. The average molecular weight is 220 g/mol. The molecule has 1 heterocycles. The molecular weight excluding hydrogens is 204 g/mol. The molecule has 0 spiro atoms. The van der Waals surface area contributed by atoms with Crippen molar-refractivity contribution in [2.24, 2.45) is 0 Å². The SMILES string of the molecule is C#CCN(CCSC)Cc1cccnc1. The number of thioether (sulfide) groups is 1. The van der Waals surface area contributed by atoms with E-state index in [0.29, 0.717) is 6.54 Å². The Hall–Kier alpha value is -0.980. The molecule has 2 nitrogen and oxygen atoms in total. The van der Waals surface area contributed by atoms with Gasteiger partial charge in [0.1, 0.15) is 0 Å². The van der Waals surface area contributed by atoms with Crippen LogP contribution in [-0.4, -0.2) is 35.0 Å². The molecule has 1 rings (SSSR count). The summed E-state index contributed by atoms with van der Waals surface area (Å²) in [4.78, 5) is 6.35. The average Bonchev–Trinajstić information content (AvgIpc) is 2.28. The predicted octanol–water partition coefficient (Wildman–Crippen LogP) is 1.88. The maximum atomic E-state index is 5.34. The van der Waals surface area contributed by atoms with Crippen LogP contribution in [0.4, 0.5) is 0 Å². The molecule has 1 aromatic heterocycles. The molecule has 15 heavy (non-hydrogen) atoms. The predicted molar refractivity (Wildman–Crippen MR) is 66.7 cm³/mol. The molecule has 0 aliphatic carbocycles. The van der Waals surface area contributed by atoms with Crippen molar-refractivity contribution in [2.75, 3.05) is 25.1 Å². The summed E-state index contributed by atoms with van der Waals surface area (Å²) in [7, 11) is 0. The van der Waals surface area contributed by atoms with Crippen LogP contribution in [0.15, 0.2) is 24.5 Å². The minimum atomic E-state index is 0.704. The number of aromatic nitrogens is 1. The first-order chi connectivity index (χ1) is 7.36. The van der Waals surface area contributed by atoms with E-state index in [1.165, 1.54) is 5.56 Å². The fourth-order valence-electron chi connectivity index (χ4n) is 1.31. The molecular formula is C12H16N2S. The highest BCUT2D eigenvalue weighted by Gasteiger charge is 2.03. The van der Waals surface area contributed by atoms with Gasteiger partial charge in [0.25, 0.3) is 0 Å². The second-order valence-corrected chi connectivity index (χ2v) is 4.25. The summed E-state index contributed by atoms with van der Waals surface area (Å²) < 4.78 is 0. The Morgan fingerprint density at radius 3 is 3.07 bits per heavy atom. The van der Waals surface area contributed by atoms with Gasteiger partial charge in [-0.15, -0.1) is 6.42 Å². The summed E-state index contributed by atoms with van der Waals surface area (Å²) in [6.07, 6.45) is 11.1. The number of rotatable bonds is 6. The Morgan fingerprint density at radius 1 is 1.60 bits per heavy atom. The molecule has 0 amide bonds. The highest BCUT2D eigenvalue weighted by atomic mass is 32.2. The minimum absolute atomic E-state index is 0.704. The largest absolute Gasteiger partial charge is 0.287 e. The van der Waals surface area contributed by atoms with Gasteiger partial charge in [-0.1, -0.05) is 12.0 Å². The second-order valence-electron chi connectivity index (χ2n) is 3.27. The van der Waals surface area contributed by atoms with E-state index in [0.717, 1.165) is 18.8 Å². The first-order valence-electron chi connectivity index (χ1n) is 4.90. The van der Waals surface area contributed by atoms with Crippen LogP contribution in [0.25, 0.3) is 0 Å². The van der Waals surface area contributed by atoms with Crippen molar-refractivity contribution in [1.29, 1.82) is 0 Å². The third-order valence-electron chi connectivity index (χ3n) is 2.06. The number of hydrogen-bond donors (Lipinski definition) is 0. The Balaban J connectivity index is 2.47. The van der Waals surface area contributed by atoms with Gasteiger partial charge in [0.15, 0.2) is 0 Å². The quantitative estimate of drug-likeness (QED) is 0.681. The molecule has 0 unspecified atom stereocenters. The van der Waals surface area contributed by atoms with E-state index in [2.05, 4.69) is 28.1 Å². The number of nitrogens with zero attached hydrogens (tertiary/aromatic N) is 2. The fraction of sp³-hybridized carbons (Fsp3) is 0.417. The summed E-state index contributed by atoms with van der Waals surface area (Å²) in [6.45, 7) is 2.62. The van der Waals surface area contributed by atoms with E-state index >= 15 is 0 Å². The lowest BCUT2D eigenvalue weighted by molar-refractivity contribution is 0.318. The molecule has 0 saturated heterocycles. The highest BCUT2D eigenvalue weighted by Crippen LogP contribution is 2.03. The lowest BCUT2D eigenvalue weighted by atomic mass is 10.2. The summed E-state index contributed by atoms with van der Waals surface area (Å²) in [5.41, 5.74) is 1.22. The summed E-state index contributed by atoms with van der Waals surface area (Å²) in [5.74, 6) is 3.81. The number of pyridine rings is 1. The number of hydrogen-bond acceptors (Lipinski definition) is 3. The van der Waals surface area contributed by atoms with Crippen LogP contribution < -0.4 is 0 Å². The Labute approximate surface area is 96.1 Å². The second kappa shape index (κ2) is 7.33. The van der Waals surface area contributed by atoms with Gasteiger partial charge in [-0.25, -0.2) is 0 Å². The van der Waals surface area contributed by atoms with Crippen LogP contribution in [0.3, 0.4) is 0 Å². The zero-order chi connectivity index (χ0) is 10.9. The van der Waals surface area contributed by atoms with E-state index in [1.54, 1.807) is 6.20 Å². The third-order valence-corrected chi connectivity index (χ3v) is 2.65. The first kappa shape index (κ1) is 12.1.